The van der Waals surface area contributed by atoms with Gasteiger partial charge in [0.25, 0.3) is 17.5 Å². The predicted octanol–water partition coefficient (Wildman–Crippen LogP) is 3.31. The predicted molar refractivity (Wildman–Crippen MR) is 162 cm³/mol. The first kappa shape index (κ1) is 31.5. The molecule has 0 radical (unpaired) electrons. The molecule has 11 nitrogen and oxygen atoms in total. The summed E-state index contributed by atoms with van der Waals surface area (Å²) in [6.07, 6.45) is -1.56. The van der Waals surface area contributed by atoms with Gasteiger partial charge < -0.3 is 25.7 Å². The number of amides is 3. The Labute approximate surface area is 253 Å². The van der Waals surface area contributed by atoms with Crippen molar-refractivity contribution >= 4 is 35.2 Å². The van der Waals surface area contributed by atoms with Gasteiger partial charge in [0.15, 0.2) is 6.10 Å². The molecule has 0 aliphatic carbocycles. The van der Waals surface area contributed by atoms with E-state index in [-0.39, 0.29) is 35.8 Å². The molecule has 0 bridgehead atoms. The lowest BCUT2D eigenvalue weighted by atomic mass is 9.96. The van der Waals surface area contributed by atoms with E-state index in [0.29, 0.717) is 11.1 Å². The van der Waals surface area contributed by atoms with Crippen LogP contribution < -0.4 is 10.6 Å². The lowest BCUT2D eigenvalue weighted by molar-refractivity contribution is -0.384. The fourth-order valence-corrected chi connectivity index (χ4v) is 6.19. The van der Waals surface area contributed by atoms with E-state index in [0.717, 1.165) is 5.56 Å². The molecule has 1 saturated heterocycles. The molecule has 43 heavy (non-hydrogen) atoms. The number of nitro groups is 1. The van der Waals surface area contributed by atoms with Crippen LogP contribution in [0, 0.1) is 17.0 Å². The number of aromatic hydroxyl groups is 1. The smallest absolute Gasteiger partial charge is 0.269 e. The molecule has 3 atom stereocenters. The summed E-state index contributed by atoms with van der Waals surface area (Å²) >= 11 is 1.38. The van der Waals surface area contributed by atoms with Crippen LogP contribution in [0.2, 0.25) is 0 Å². The second-order valence-corrected chi connectivity index (χ2v) is 12.5. The fraction of sp³-hybridized carbons (Fsp3) is 0.323. The number of benzene rings is 3. The Morgan fingerprint density at radius 3 is 2.44 bits per heavy atom. The van der Waals surface area contributed by atoms with E-state index in [4.69, 9.17) is 0 Å². The van der Waals surface area contributed by atoms with Crippen molar-refractivity contribution in [3.63, 3.8) is 0 Å². The molecule has 0 spiro atoms. The number of aliphatic hydroxyl groups is 1. The van der Waals surface area contributed by atoms with Crippen molar-refractivity contribution in [1.29, 1.82) is 0 Å². The molecule has 1 heterocycles. The third-order valence-corrected chi connectivity index (χ3v) is 8.84. The fourth-order valence-electron chi connectivity index (χ4n) is 5.05. The van der Waals surface area contributed by atoms with Gasteiger partial charge in [0.2, 0.25) is 5.91 Å². The highest BCUT2D eigenvalue weighted by atomic mass is 32.2. The monoisotopic (exact) mass is 606 g/mol. The summed E-state index contributed by atoms with van der Waals surface area (Å²) < 4.78 is -0.709. The Morgan fingerprint density at radius 2 is 1.74 bits per heavy atom. The third-order valence-electron chi connectivity index (χ3n) is 7.46. The molecule has 4 N–H and O–H groups in total. The highest BCUT2D eigenvalue weighted by molar-refractivity contribution is 8.00. The van der Waals surface area contributed by atoms with E-state index in [1.54, 1.807) is 19.1 Å². The lowest BCUT2D eigenvalue weighted by Crippen LogP contribution is -2.58. The average molecular weight is 607 g/mol. The van der Waals surface area contributed by atoms with Crippen LogP contribution in [0.25, 0.3) is 0 Å². The summed E-state index contributed by atoms with van der Waals surface area (Å²) in [5.41, 5.74) is 1.76. The maximum atomic E-state index is 13.8. The number of nitrogens with zero attached hydrogens (tertiary/aromatic N) is 2. The van der Waals surface area contributed by atoms with Gasteiger partial charge >= 0.3 is 0 Å². The number of hydrogen-bond acceptors (Lipinski definition) is 8. The first-order valence-electron chi connectivity index (χ1n) is 13.7. The van der Waals surface area contributed by atoms with Gasteiger partial charge in [-0.2, -0.15) is 0 Å². The molecule has 0 saturated carbocycles. The normalized spacial score (nSPS) is 17.1. The van der Waals surface area contributed by atoms with Crippen LogP contribution in [0.15, 0.2) is 72.8 Å². The number of hydrogen-bond donors (Lipinski definition) is 4. The first-order chi connectivity index (χ1) is 20.4. The van der Waals surface area contributed by atoms with Crippen LogP contribution in [-0.4, -0.2) is 66.6 Å². The Morgan fingerprint density at radius 1 is 1.07 bits per heavy atom. The van der Waals surface area contributed by atoms with Crippen LogP contribution in [0.4, 0.5) is 5.69 Å². The SMILES string of the molecule is Cc1c(O)cccc1C(=O)N[C@@H](Cc1ccccc1)[C@H](O)C(=O)N1CSC(C)(C)[C@H]1C(=O)NCc1cccc([N+](=O)[O-])c1. The van der Waals surface area contributed by atoms with E-state index in [1.165, 1.54) is 47.0 Å². The van der Waals surface area contributed by atoms with Gasteiger partial charge in [-0.05, 0) is 50.5 Å². The van der Waals surface area contributed by atoms with Gasteiger partial charge in [-0.15, -0.1) is 11.8 Å². The van der Waals surface area contributed by atoms with E-state index in [2.05, 4.69) is 10.6 Å². The molecule has 226 valence electrons. The molecule has 0 unspecified atom stereocenters. The summed E-state index contributed by atoms with van der Waals surface area (Å²) in [6, 6.07) is 17.5. The van der Waals surface area contributed by atoms with Crippen LogP contribution in [0.1, 0.15) is 40.9 Å². The van der Waals surface area contributed by atoms with E-state index in [1.807, 2.05) is 44.2 Å². The van der Waals surface area contributed by atoms with E-state index < -0.39 is 45.6 Å². The van der Waals surface area contributed by atoms with Gasteiger partial charge in [-0.3, -0.25) is 24.5 Å². The van der Waals surface area contributed by atoms with Crippen molar-refractivity contribution in [1.82, 2.24) is 15.5 Å². The van der Waals surface area contributed by atoms with E-state index in [9.17, 15) is 34.7 Å². The van der Waals surface area contributed by atoms with Crippen LogP contribution in [-0.2, 0) is 22.6 Å². The van der Waals surface area contributed by atoms with Crippen LogP contribution >= 0.6 is 11.8 Å². The molecular formula is C31H34N4O7S. The summed E-state index contributed by atoms with van der Waals surface area (Å²) in [7, 11) is 0. The third kappa shape index (κ3) is 7.33. The molecule has 3 amide bonds. The second-order valence-electron chi connectivity index (χ2n) is 10.9. The Hall–Kier alpha value is -4.42. The molecule has 1 aliphatic heterocycles. The first-order valence-corrected chi connectivity index (χ1v) is 14.6. The lowest BCUT2D eigenvalue weighted by Gasteiger charge is -2.33. The number of aliphatic hydroxyl groups excluding tert-OH is 1. The molecule has 1 aliphatic rings. The number of carbonyl (C=O) groups is 3. The van der Waals surface area contributed by atoms with Crippen molar-refractivity contribution < 1.29 is 29.5 Å². The zero-order chi connectivity index (χ0) is 31.3. The minimum atomic E-state index is -1.69. The highest BCUT2D eigenvalue weighted by Crippen LogP contribution is 2.40. The van der Waals surface area contributed by atoms with Crippen molar-refractivity contribution in [2.45, 2.75) is 56.7 Å². The van der Waals surface area contributed by atoms with E-state index >= 15 is 0 Å². The van der Waals surface area contributed by atoms with Gasteiger partial charge in [0.1, 0.15) is 11.8 Å². The molecule has 3 aromatic carbocycles. The van der Waals surface area contributed by atoms with Gasteiger partial charge in [0.05, 0.1) is 16.8 Å². The topological polar surface area (TPSA) is 162 Å². The maximum Gasteiger partial charge on any atom is 0.269 e. The number of carbonyl (C=O) groups excluding carboxylic acids is 3. The Balaban J connectivity index is 1.55. The standard InChI is InChI=1S/C31H34N4O7S/c1-19-23(13-8-14-25(19)36)28(38)33-24(16-20-9-5-4-6-10-20)26(37)30(40)34-18-43-31(2,3)27(34)29(39)32-17-21-11-7-12-22(15-21)35(41)42/h4-15,24,26-27,36-37H,16-18H2,1-3H3,(H,32,39)(H,33,38)/t24-,26-,27+/m0/s1. The molecule has 0 aromatic heterocycles. The minimum absolute atomic E-state index is 0.0122. The molecule has 4 rings (SSSR count). The number of non-ortho nitro benzene ring substituents is 1. The number of thioether (sulfide) groups is 1. The molecule has 3 aromatic rings. The number of rotatable bonds is 10. The maximum absolute atomic E-state index is 13.8. The minimum Gasteiger partial charge on any atom is -0.508 e. The van der Waals surface area contributed by atoms with Crippen molar-refractivity contribution in [2.24, 2.45) is 0 Å². The highest BCUT2D eigenvalue weighted by Gasteiger charge is 2.49. The van der Waals surface area contributed by atoms with Crippen LogP contribution in [0.5, 0.6) is 5.75 Å². The number of nitro benzene ring substituents is 1. The summed E-state index contributed by atoms with van der Waals surface area (Å²) in [6.45, 7) is 5.25. The zero-order valence-corrected chi connectivity index (χ0v) is 24.8. The number of phenols is 1. The average Bonchev–Trinajstić information content (AvgIpc) is 3.31. The number of phenolic OH excluding ortho intramolecular Hbond substituents is 1. The molecular weight excluding hydrogens is 572 g/mol. The van der Waals surface area contributed by atoms with Crippen molar-refractivity contribution in [3.05, 3.63) is 105 Å². The van der Waals surface area contributed by atoms with Gasteiger partial charge in [-0.25, -0.2) is 0 Å². The quantitative estimate of drug-likeness (QED) is 0.202. The van der Waals surface area contributed by atoms with Gasteiger partial charge in [0, 0.05) is 34.6 Å². The Kier molecular flexibility index (Phi) is 9.72. The van der Waals surface area contributed by atoms with Crippen molar-refractivity contribution in [2.75, 3.05) is 5.88 Å². The summed E-state index contributed by atoms with van der Waals surface area (Å²) in [5, 5.41) is 38.2. The van der Waals surface area contributed by atoms with Crippen molar-refractivity contribution in [3.8, 4) is 5.75 Å². The largest absolute Gasteiger partial charge is 0.508 e. The Bertz CT molecular complexity index is 1510. The molecule has 12 heteroatoms. The van der Waals surface area contributed by atoms with Gasteiger partial charge in [-0.1, -0.05) is 48.5 Å². The summed E-state index contributed by atoms with van der Waals surface area (Å²) in [4.78, 5) is 52.5. The summed E-state index contributed by atoms with van der Waals surface area (Å²) in [5.74, 6) is -1.68. The zero-order valence-electron chi connectivity index (χ0n) is 24.0. The molecule has 1 fully saturated rings. The number of nitrogens with one attached hydrogen (secondary N) is 2. The second kappa shape index (κ2) is 13.3. The van der Waals surface area contributed by atoms with Crippen LogP contribution in [0.3, 0.4) is 0 Å².